The Labute approximate surface area is 186 Å². The van der Waals surface area contributed by atoms with Gasteiger partial charge in [-0.05, 0) is 30.7 Å². The molecule has 0 aliphatic carbocycles. The van der Waals surface area contributed by atoms with Gasteiger partial charge in [-0.1, -0.05) is 0 Å². The van der Waals surface area contributed by atoms with E-state index in [-0.39, 0.29) is 17.2 Å². The first-order valence-electron chi connectivity index (χ1n) is 10.1. The summed E-state index contributed by atoms with van der Waals surface area (Å²) in [6.07, 6.45) is 1.42. The number of nitrogens with zero attached hydrogens (tertiary/aromatic N) is 6. The smallest absolute Gasteiger partial charge is 0.355 e. The second-order valence-electron chi connectivity index (χ2n) is 7.47. The van der Waals surface area contributed by atoms with Crippen molar-refractivity contribution in [2.45, 2.75) is 12.6 Å². The van der Waals surface area contributed by atoms with Gasteiger partial charge in [-0.3, -0.25) is 14.9 Å². The van der Waals surface area contributed by atoms with Crippen molar-refractivity contribution in [3.05, 3.63) is 76.5 Å². The zero-order valence-electron chi connectivity index (χ0n) is 17.3. The molecule has 0 radical (unpaired) electrons. The first-order chi connectivity index (χ1) is 15.7. The molecule has 0 saturated carbocycles. The normalized spacial score (nSPS) is 14.8. The second kappa shape index (κ2) is 8.88. The van der Waals surface area contributed by atoms with E-state index >= 15 is 0 Å². The summed E-state index contributed by atoms with van der Waals surface area (Å²) in [5.74, 6) is 0.0510. The lowest BCUT2D eigenvalue weighted by Crippen LogP contribution is -2.35. The molecule has 1 saturated heterocycles. The molecule has 9 nitrogen and oxygen atoms in total. The maximum atomic E-state index is 13.0. The number of anilines is 1. The highest BCUT2D eigenvalue weighted by molar-refractivity contribution is 5.95. The minimum absolute atomic E-state index is 0.187. The first kappa shape index (κ1) is 22.2. The standard InChI is InChI=1S/C21H19F3N6O3/c22-21(23,24)16-3-5-19(26-13-16)27-7-1-8-28(11-10-27)20(31)15-2-4-17(18(12-15)30(32)33)29-9-6-25-14-29/h2-6,9,12-14H,1,7-8,10-11H2. The van der Waals surface area contributed by atoms with Crippen molar-refractivity contribution in [3.63, 3.8) is 0 Å². The van der Waals surface area contributed by atoms with Crippen LogP contribution in [0.2, 0.25) is 0 Å². The topological polar surface area (TPSA) is 97.4 Å². The summed E-state index contributed by atoms with van der Waals surface area (Å²) in [4.78, 5) is 35.3. The maximum Gasteiger partial charge on any atom is 0.417 e. The van der Waals surface area contributed by atoms with Crippen molar-refractivity contribution in [1.29, 1.82) is 0 Å². The van der Waals surface area contributed by atoms with Gasteiger partial charge in [0, 0.05) is 56.4 Å². The largest absolute Gasteiger partial charge is 0.417 e. The molecule has 0 unspecified atom stereocenters. The number of carbonyl (C=O) groups is 1. The van der Waals surface area contributed by atoms with E-state index in [0.29, 0.717) is 44.1 Å². The SMILES string of the molecule is O=C(c1ccc(-n2ccnc2)c([N+](=O)[O-])c1)N1CCCN(c2ccc(C(F)(F)F)cn2)CC1. The Balaban J connectivity index is 1.49. The number of benzene rings is 1. The van der Waals surface area contributed by atoms with E-state index in [9.17, 15) is 28.1 Å². The van der Waals surface area contributed by atoms with Crippen molar-refractivity contribution in [1.82, 2.24) is 19.4 Å². The van der Waals surface area contributed by atoms with Gasteiger partial charge in [-0.15, -0.1) is 0 Å². The second-order valence-corrected chi connectivity index (χ2v) is 7.47. The number of nitro groups is 1. The lowest BCUT2D eigenvalue weighted by Gasteiger charge is -2.23. The number of amides is 1. The van der Waals surface area contributed by atoms with Crippen LogP contribution in [-0.4, -0.2) is 56.4 Å². The molecular weight excluding hydrogens is 441 g/mol. The average molecular weight is 460 g/mol. The fourth-order valence-corrected chi connectivity index (χ4v) is 3.70. The lowest BCUT2D eigenvalue weighted by atomic mass is 10.1. The van der Waals surface area contributed by atoms with Gasteiger partial charge < -0.3 is 14.4 Å². The van der Waals surface area contributed by atoms with Gasteiger partial charge in [-0.2, -0.15) is 13.2 Å². The Hall–Kier alpha value is -3.96. The molecule has 3 aromatic rings. The number of halogens is 3. The number of nitro benzene ring substituents is 1. The van der Waals surface area contributed by atoms with Gasteiger partial charge in [0.15, 0.2) is 0 Å². The van der Waals surface area contributed by atoms with E-state index in [1.54, 1.807) is 11.1 Å². The zero-order valence-corrected chi connectivity index (χ0v) is 17.3. The molecule has 172 valence electrons. The fourth-order valence-electron chi connectivity index (χ4n) is 3.70. The first-order valence-corrected chi connectivity index (χ1v) is 10.1. The molecule has 1 aromatic carbocycles. The summed E-state index contributed by atoms with van der Waals surface area (Å²) in [7, 11) is 0. The number of carbonyl (C=O) groups excluding carboxylic acids is 1. The van der Waals surface area contributed by atoms with E-state index in [1.807, 2.05) is 4.90 Å². The molecule has 12 heteroatoms. The van der Waals surface area contributed by atoms with Crippen LogP contribution in [0.15, 0.2) is 55.2 Å². The Morgan fingerprint density at radius 1 is 1.09 bits per heavy atom. The van der Waals surface area contributed by atoms with Crippen molar-refractivity contribution in [2.75, 3.05) is 31.1 Å². The third-order valence-corrected chi connectivity index (χ3v) is 5.38. The van der Waals surface area contributed by atoms with E-state index in [1.165, 1.54) is 41.4 Å². The minimum Gasteiger partial charge on any atom is -0.355 e. The van der Waals surface area contributed by atoms with E-state index in [2.05, 4.69) is 9.97 Å². The van der Waals surface area contributed by atoms with Crippen LogP contribution in [0.3, 0.4) is 0 Å². The van der Waals surface area contributed by atoms with E-state index < -0.39 is 16.7 Å². The van der Waals surface area contributed by atoms with Crippen molar-refractivity contribution >= 4 is 17.4 Å². The Morgan fingerprint density at radius 3 is 2.55 bits per heavy atom. The average Bonchev–Trinajstić information content (AvgIpc) is 3.22. The molecular formula is C21H19F3N6O3. The molecule has 3 heterocycles. The Kier molecular flexibility index (Phi) is 5.99. The molecule has 2 aromatic heterocycles. The molecule has 1 aliphatic rings. The molecule has 4 rings (SSSR count). The van der Waals surface area contributed by atoms with Gasteiger partial charge in [0.05, 0.1) is 16.8 Å². The van der Waals surface area contributed by atoms with Crippen LogP contribution in [0, 0.1) is 10.1 Å². The number of rotatable bonds is 4. The molecule has 0 spiro atoms. The molecule has 0 N–H and O–H groups in total. The van der Waals surface area contributed by atoms with Crippen LogP contribution in [0.5, 0.6) is 0 Å². The molecule has 1 aliphatic heterocycles. The molecule has 0 bridgehead atoms. The molecule has 1 amide bonds. The zero-order chi connectivity index (χ0) is 23.6. The molecule has 1 fully saturated rings. The number of aromatic nitrogens is 3. The predicted octanol–water partition coefficient (Wildman–Crippen LogP) is 3.55. The highest BCUT2D eigenvalue weighted by Gasteiger charge is 2.31. The van der Waals surface area contributed by atoms with Gasteiger partial charge in [0.1, 0.15) is 11.5 Å². The number of hydrogen-bond acceptors (Lipinski definition) is 6. The van der Waals surface area contributed by atoms with Gasteiger partial charge >= 0.3 is 6.18 Å². The van der Waals surface area contributed by atoms with Crippen LogP contribution in [-0.2, 0) is 6.18 Å². The van der Waals surface area contributed by atoms with Crippen molar-refractivity contribution in [3.8, 4) is 5.69 Å². The predicted molar refractivity (Wildman–Crippen MR) is 112 cm³/mol. The van der Waals surface area contributed by atoms with Gasteiger partial charge in [0.25, 0.3) is 11.6 Å². The van der Waals surface area contributed by atoms with Crippen LogP contribution in [0.25, 0.3) is 5.69 Å². The van der Waals surface area contributed by atoms with Gasteiger partial charge in [-0.25, -0.2) is 9.97 Å². The summed E-state index contributed by atoms with van der Waals surface area (Å²) in [6, 6.07) is 6.58. The summed E-state index contributed by atoms with van der Waals surface area (Å²) in [5.41, 5.74) is -0.556. The fraction of sp³-hybridized carbons (Fsp3) is 0.286. The van der Waals surface area contributed by atoms with Crippen LogP contribution in [0.1, 0.15) is 22.3 Å². The summed E-state index contributed by atoms with van der Waals surface area (Å²) < 4.78 is 39.8. The summed E-state index contributed by atoms with van der Waals surface area (Å²) in [6.45, 7) is 1.60. The van der Waals surface area contributed by atoms with Crippen molar-refractivity contribution < 1.29 is 22.9 Å². The lowest BCUT2D eigenvalue weighted by molar-refractivity contribution is -0.384. The third-order valence-electron chi connectivity index (χ3n) is 5.38. The highest BCUT2D eigenvalue weighted by Crippen LogP contribution is 2.30. The van der Waals surface area contributed by atoms with Crippen LogP contribution >= 0.6 is 0 Å². The van der Waals surface area contributed by atoms with Crippen LogP contribution < -0.4 is 4.90 Å². The number of hydrogen-bond donors (Lipinski definition) is 0. The number of imidazole rings is 1. The number of pyridine rings is 1. The number of alkyl halides is 3. The summed E-state index contributed by atoms with van der Waals surface area (Å²) in [5, 5.41) is 11.6. The minimum atomic E-state index is -4.45. The molecule has 33 heavy (non-hydrogen) atoms. The highest BCUT2D eigenvalue weighted by atomic mass is 19.4. The monoisotopic (exact) mass is 460 g/mol. The van der Waals surface area contributed by atoms with Gasteiger partial charge in [0.2, 0.25) is 0 Å². The van der Waals surface area contributed by atoms with E-state index in [0.717, 1.165) is 12.3 Å². The Morgan fingerprint density at radius 2 is 1.91 bits per heavy atom. The molecule has 0 atom stereocenters. The van der Waals surface area contributed by atoms with E-state index in [4.69, 9.17) is 0 Å². The quantitative estimate of drug-likeness (QED) is 0.436. The third kappa shape index (κ3) is 4.78. The Bertz CT molecular complexity index is 1150. The van der Waals surface area contributed by atoms with Crippen LogP contribution in [0.4, 0.5) is 24.7 Å². The summed E-state index contributed by atoms with van der Waals surface area (Å²) >= 11 is 0. The maximum absolute atomic E-state index is 13.0. The van der Waals surface area contributed by atoms with Crippen molar-refractivity contribution in [2.24, 2.45) is 0 Å².